The van der Waals surface area contributed by atoms with Crippen LogP contribution in [-0.2, 0) is 43.6 Å². The fourth-order valence-electron chi connectivity index (χ4n) is 4.65. The van der Waals surface area contributed by atoms with Gasteiger partial charge in [0.25, 0.3) is 5.91 Å². The summed E-state index contributed by atoms with van der Waals surface area (Å²) in [6.45, 7) is 0.541. The molecule has 0 unspecified atom stereocenters. The fraction of sp³-hybridized carbons (Fsp3) is 0.360. The zero-order chi connectivity index (χ0) is 23.7. The molecule has 1 aromatic heterocycles. The van der Waals surface area contributed by atoms with Gasteiger partial charge >= 0.3 is 5.97 Å². The molecule has 1 aliphatic heterocycles. The Kier molecular flexibility index (Phi) is 6.14. The predicted molar refractivity (Wildman–Crippen MR) is 126 cm³/mol. The highest BCUT2D eigenvalue weighted by atomic mass is 32.2. The van der Waals surface area contributed by atoms with Gasteiger partial charge in [-0.05, 0) is 73.6 Å². The largest absolute Gasteiger partial charge is 0.464 e. The molecule has 1 fully saturated rings. The van der Waals surface area contributed by atoms with Crippen LogP contribution < -0.4 is 5.32 Å². The molecule has 2 aromatic carbocycles. The van der Waals surface area contributed by atoms with Gasteiger partial charge in [0.1, 0.15) is 5.58 Å². The molecule has 0 bridgehead atoms. The van der Waals surface area contributed by atoms with Crippen LogP contribution in [0.25, 0.3) is 11.0 Å². The number of hydrogen-bond acceptors (Lipinski definition) is 6. The number of sulfonamides is 1. The smallest absolute Gasteiger partial charge is 0.310 e. The molecule has 1 N–H and O–H groups in total. The van der Waals surface area contributed by atoms with E-state index < -0.39 is 28.5 Å². The minimum atomic E-state index is -3.59. The van der Waals surface area contributed by atoms with Crippen LogP contribution in [0.4, 0.5) is 5.69 Å². The number of fused-ring (bicyclic) bond motifs is 2. The van der Waals surface area contributed by atoms with E-state index in [0.29, 0.717) is 18.8 Å². The minimum Gasteiger partial charge on any atom is -0.464 e. The zero-order valence-corrected chi connectivity index (χ0v) is 19.5. The number of esters is 1. The quantitative estimate of drug-likeness (QED) is 0.517. The maximum absolute atomic E-state index is 12.7. The van der Waals surface area contributed by atoms with Gasteiger partial charge in [0.2, 0.25) is 10.0 Å². The number of hydrogen-bond donors (Lipinski definition) is 1. The number of carbonyl (C=O) groups is 2. The van der Waals surface area contributed by atoms with Crippen LogP contribution in [0.1, 0.15) is 36.0 Å². The average molecular weight is 483 g/mol. The van der Waals surface area contributed by atoms with E-state index in [1.807, 2.05) is 6.07 Å². The minimum absolute atomic E-state index is 0.00261. The van der Waals surface area contributed by atoms with Crippen LogP contribution in [0, 0.1) is 0 Å². The summed E-state index contributed by atoms with van der Waals surface area (Å²) in [6, 6.07) is 10.2. The Morgan fingerprint density at radius 1 is 1.03 bits per heavy atom. The second-order valence-electron chi connectivity index (χ2n) is 8.76. The van der Waals surface area contributed by atoms with Gasteiger partial charge in [-0.25, -0.2) is 8.42 Å². The number of nitrogens with one attached hydrogen (secondary N) is 1. The lowest BCUT2D eigenvalue weighted by Gasteiger charge is -2.16. The van der Waals surface area contributed by atoms with Crippen LogP contribution in [0.5, 0.6) is 0 Å². The van der Waals surface area contributed by atoms with Crippen molar-refractivity contribution in [1.82, 2.24) is 4.31 Å². The molecule has 1 amide bonds. The van der Waals surface area contributed by atoms with Crippen molar-refractivity contribution in [2.45, 2.75) is 43.4 Å². The number of amides is 1. The van der Waals surface area contributed by atoms with E-state index in [1.165, 1.54) is 27.6 Å². The molecule has 8 nitrogen and oxygen atoms in total. The zero-order valence-electron chi connectivity index (χ0n) is 18.7. The van der Waals surface area contributed by atoms with Crippen LogP contribution in [0.2, 0.25) is 0 Å². The lowest BCUT2D eigenvalue weighted by molar-refractivity contribution is -0.146. The number of benzene rings is 2. The van der Waals surface area contributed by atoms with E-state index in [9.17, 15) is 18.0 Å². The first kappa shape index (κ1) is 22.6. The van der Waals surface area contributed by atoms with E-state index >= 15 is 0 Å². The number of rotatable bonds is 7. The Morgan fingerprint density at radius 2 is 1.79 bits per heavy atom. The van der Waals surface area contributed by atoms with Gasteiger partial charge in [0, 0.05) is 29.7 Å². The Labute approximate surface area is 197 Å². The first-order valence-corrected chi connectivity index (χ1v) is 12.9. The van der Waals surface area contributed by atoms with E-state index in [-0.39, 0.29) is 11.3 Å². The van der Waals surface area contributed by atoms with Crippen LogP contribution in [0.15, 0.2) is 52.0 Å². The van der Waals surface area contributed by atoms with Crippen molar-refractivity contribution in [3.05, 3.63) is 59.4 Å². The topological polar surface area (TPSA) is 106 Å². The van der Waals surface area contributed by atoms with Gasteiger partial charge in [-0.1, -0.05) is 6.07 Å². The molecule has 5 rings (SSSR count). The lowest BCUT2D eigenvalue weighted by Crippen LogP contribution is -2.28. The summed E-state index contributed by atoms with van der Waals surface area (Å²) < 4.78 is 37.7. The molecule has 3 aromatic rings. The summed E-state index contributed by atoms with van der Waals surface area (Å²) >= 11 is 0. The molecule has 178 valence electrons. The third-order valence-electron chi connectivity index (χ3n) is 6.39. The summed E-state index contributed by atoms with van der Waals surface area (Å²) in [5, 5.41) is 3.50. The van der Waals surface area contributed by atoms with Crippen molar-refractivity contribution in [2.75, 3.05) is 25.0 Å². The first-order valence-electron chi connectivity index (χ1n) is 11.5. The monoisotopic (exact) mass is 482 g/mol. The fourth-order valence-corrected chi connectivity index (χ4v) is 6.21. The highest BCUT2D eigenvalue weighted by molar-refractivity contribution is 7.89. The Bertz CT molecular complexity index is 1350. The Balaban J connectivity index is 1.18. The van der Waals surface area contributed by atoms with E-state index in [2.05, 4.69) is 11.4 Å². The van der Waals surface area contributed by atoms with Gasteiger partial charge in [-0.3, -0.25) is 9.59 Å². The highest BCUT2D eigenvalue weighted by Crippen LogP contribution is 2.30. The third kappa shape index (κ3) is 4.58. The maximum atomic E-state index is 12.7. The first-order chi connectivity index (χ1) is 16.4. The Hall–Kier alpha value is -3.17. The standard InChI is InChI=1S/C25H26N2O6S/c28-24(26-20-7-4-8-21(14-20)34(30,31)27-9-1-2-10-27)16-33-25(29)13-19-15-32-23-12-18-6-3-5-17(18)11-22(19)23/h4,7-8,11-12,14-15H,1-3,5-6,9-10,13,16H2,(H,26,28). The number of anilines is 1. The molecule has 1 saturated heterocycles. The van der Waals surface area contributed by atoms with Gasteiger partial charge in [0.15, 0.2) is 6.61 Å². The number of aryl methyl sites for hydroxylation is 2. The Morgan fingerprint density at radius 3 is 2.59 bits per heavy atom. The van der Waals surface area contributed by atoms with Crippen molar-refractivity contribution >= 4 is 38.6 Å². The number of nitrogens with zero attached hydrogens (tertiary/aromatic N) is 1. The van der Waals surface area contributed by atoms with E-state index in [0.717, 1.165) is 48.6 Å². The molecule has 9 heteroatoms. The normalized spacial score (nSPS) is 16.0. The molecule has 34 heavy (non-hydrogen) atoms. The van der Waals surface area contributed by atoms with Crippen LogP contribution in [-0.4, -0.2) is 44.3 Å². The van der Waals surface area contributed by atoms with Gasteiger partial charge in [0.05, 0.1) is 17.6 Å². The SMILES string of the molecule is O=C(COC(=O)Cc1coc2cc3c(cc12)CCC3)Nc1cccc(S(=O)(=O)N2CCCC2)c1. The summed E-state index contributed by atoms with van der Waals surface area (Å²) in [5.74, 6) is -1.08. The second kappa shape index (κ2) is 9.23. The van der Waals surface area contributed by atoms with Crippen LogP contribution in [0.3, 0.4) is 0 Å². The predicted octanol–water partition coefficient (Wildman–Crippen LogP) is 3.43. The van der Waals surface area contributed by atoms with Crippen molar-refractivity contribution in [2.24, 2.45) is 0 Å². The number of carbonyl (C=O) groups excluding carboxylic acids is 2. The molecule has 0 spiro atoms. The summed E-state index contributed by atoms with van der Waals surface area (Å²) in [4.78, 5) is 24.8. The van der Waals surface area contributed by atoms with Crippen molar-refractivity contribution in [3.63, 3.8) is 0 Å². The molecular weight excluding hydrogens is 456 g/mol. The van der Waals surface area contributed by atoms with Crippen LogP contribution >= 0.6 is 0 Å². The molecule has 0 radical (unpaired) electrons. The lowest BCUT2D eigenvalue weighted by atomic mass is 10.0. The van der Waals surface area contributed by atoms with Crippen molar-refractivity contribution < 1.29 is 27.2 Å². The van der Waals surface area contributed by atoms with Gasteiger partial charge in [-0.2, -0.15) is 4.31 Å². The molecular formula is C25H26N2O6S. The number of furan rings is 1. The third-order valence-corrected chi connectivity index (χ3v) is 8.28. The molecule has 1 aliphatic carbocycles. The average Bonchev–Trinajstić information content (AvgIpc) is 3.58. The second-order valence-corrected chi connectivity index (χ2v) is 10.7. The summed E-state index contributed by atoms with van der Waals surface area (Å²) in [7, 11) is -3.59. The van der Waals surface area contributed by atoms with Crippen molar-refractivity contribution in [3.8, 4) is 0 Å². The van der Waals surface area contributed by atoms with Gasteiger partial charge in [-0.15, -0.1) is 0 Å². The molecule has 2 heterocycles. The summed E-state index contributed by atoms with van der Waals surface area (Å²) in [5.41, 5.74) is 4.40. The van der Waals surface area contributed by atoms with Crippen molar-refractivity contribution in [1.29, 1.82) is 0 Å². The highest BCUT2D eigenvalue weighted by Gasteiger charge is 2.27. The number of ether oxygens (including phenoxy) is 1. The molecule has 0 atom stereocenters. The molecule has 0 saturated carbocycles. The maximum Gasteiger partial charge on any atom is 0.310 e. The van der Waals surface area contributed by atoms with Gasteiger partial charge < -0.3 is 14.5 Å². The van der Waals surface area contributed by atoms with E-state index in [4.69, 9.17) is 9.15 Å². The van der Waals surface area contributed by atoms with E-state index in [1.54, 1.807) is 18.4 Å². The summed E-state index contributed by atoms with van der Waals surface area (Å²) in [6.07, 6.45) is 6.46. The molecule has 2 aliphatic rings.